The summed E-state index contributed by atoms with van der Waals surface area (Å²) in [6, 6.07) is 4.13. The van der Waals surface area contributed by atoms with E-state index < -0.39 is 47.7 Å². The predicted octanol–water partition coefficient (Wildman–Crippen LogP) is 3.53. The van der Waals surface area contributed by atoms with E-state index in [4.69, 9.17) is 4.74 Å². The number of rotatable bonds is 10. The average molecular weight is 818 g/mol. The van der Waals surface area contributed by atoms with Crippen molar-refractivity contribution in [2.45, 2.75) is 70.4 Å². The number of hydrogen-bond acceptors (Lipinski definition) is 11. The summed E-state index contributed by atoms with van der Waals surface area (Å²) in [5.74, 6) is -1.14. The molecule has 314 valence electrons. The van der Waals surface area contributed by atoms with E-state index >= 15 is 0 Å². The fraction of sp³-hybridized carbons (Fsp3) is 0.550. The Labute approximate surface area is 339 Å². The van der Waals surface area contributed by atoms with Gasteiger partial charge in [-0.2, -0.15) is 10.2 Å². The average Bonchev–Trinajstić information content (AvgIpc) is 3.91. The molecule has 4 saturated heterocycles. The minimum Gasteiger partial charge on any atom is -0.378 e. The van der Waals surface area contributed by atoms with Crippen LogP contribution in [0.5, 0.6) is 0 Å². The molecular weight excluding hydrogens is 769 g/mol. The minimum absolute atomic E-state index is 0.0366. The van der Waals surface area contributed by atoms with Crippen molar-refractivity contribution in [1.82, 2.24) is 39.6 Å². The number of imide groups is 2. The summed E-state index contributed by atoms with van der Waals surface area (Å²) in [4.78, 5) is 76.9. The fourth-order valence-corrected chi connectivity index (χ4v) is 8.87. The zero-order valence-corrected chi connectivity index (χ0v) is 33.2. The van der Waals surface area contributed by atoms with Gasteiger partial charge in [-0.25, -0.2) is 13.8 Å². The van der Waals surface area contributed by atoms with Gasteiger partial charge in [-0.05, 0) is 70.0 Å². The topological polar surface area (TPSA) is 180 Å². The maximum atomic E-state index is 14.2. The molecule has 17 nitrogen and oxygen atoms in total. The Morgan fingerprint density at radius 3 is 2.46 bits per heavy atom. The van der Waals surface area contributed by atoms with Gasteiger partial charge >= 0.3 is 0 Å². The van der Waals surface area contributed by atoms with Crippen LogP contribution >= 0.6 is 0 Å². The lowest BCUT2D eigenvalue weighted by Gasteiger charge is -2.36. The Hall–Kier alpha value is -5.56. The molecule has 1 aromatic carbocycles. The van der Waals surface area contributed by atoms with Crippen LogP contribution in [0.1, 0.15) is 101 Å². The van der Waals surface area contributed by atoms with E-state index in [2.05, 4.69) is 40.5 Å². The maximum absolute atomic E-state index is 14.2. The normalized spacial score (nSPS) is 21.5. The molecule has 5 aliphatic heterocycles. The van der Waals surface area contributed by atoms with Crippen molar-refractivity contribution in [3.63, 3.8) is 0 Å². The number of aromatic nitrogens is 4. The largest absolute Gasteiger partial charge is 0.378 e. The van der Waals surface area contributed by atoms with Crippen LogP contribution in [0.4, 0.5) is 26.0 Å². The third-order valence-electron chi connectivity index (χ3n) is 12.3. The van der Waals surface area contributed by atoms with E-state index in [-0.39, 0.29) is 35.7 Å². The molecule has 0 spiro atoms. The molecule has 19 heteroatoms. The first-order valence-corrected chi connectivity index (χ1v) is 20.4. The molecule has 8 rings (SSSR count). The van der Waals surface area contributed by atoms with Crippen LogP contribution in [0, 0.1) is 5.92 Å². The monoisotopic (exact) mass is 817 g/mol. The van der Waals surface area contributed by atoms with Crippen molar-refractivity contribution >= 4 is 52.6 Å². The number of amidine groups is 1. The highest BCUT2D eigenvalue weighted by molar-refractivity contribution is 6.25. The lowest BCUT2D eigenvalue weighted by molar-refractivity contribution is -0.136. The first-order valence-electron chi connectivity index (χ1n) is 20.4. The molecule has 5 amide bonds. The zero-order valence-electron chi connectivity index (χ0n) is 33.2. The Morgan fingerprint density at radius 1 is 1.00 bits per heavy atom. The van der Waals surface area contributed by atoms with E-state index in [9.17, 15) is 32.8 Å². The molecule has 1 atom stereocenters. The SMILES string of the molecule is C/C(=N\c1c(C(=O)Nc2cn(C3CCN(CCC4CCN(c5cccc6c5C(=O)N(C5CCC(=O)NC5=O)C6=O)CC4)CC3)nc2C(F)F)cnn1C)N1CCOCC1. The van der Waals surface area contributed by atoms with Crippen LogP contribution in [0.15, 0.2) is 35.6 Å². The van der Waals surface area contributed by atoms with Crippen molar-refractivity contribution in [3.8, 4) is 0 Å². The third kappa shape index (κ3) is 8.21. The second-order valence-electron chi connectivity index (χ2n) is 15.9. The number of anilines is 2. The molecule has 2 aromatic heterocycles. The highest BCUT2D eigenvalue weighted by atomic mass is 19.3. The van der Waals surface area contributed by atoms with Gasteiger partial charge in [-0.1, -0.05) is 6.07 Å². The van der Waals surface area contributed by atoms with E-state index in [1.165, 1.54) is 17.1 Å². The van der Waals surface area contributed by atoms with Crippen molar-refractivity contribution < 1.29 is 37.5 Å². The number of benzene rings is 1. The fourth-order valence-electron chi connectivity index (χ4n) is 8.87. The van der Waals surface area contributed by atoms with Gasteiger partial charge in [0.2, 0.25) is 11.8 Å². The van der Waals surface area contributed by atoms with Gasteiger partial charge in [-0.3, -0.25) is 43.6 Å². The second kappa shape index (κ2) is 17.0. The van der Waals surface area contributed by atoms with Crippen LogP contribution < -0.4 is 15.5 Å². The molecule has 0 saturated carbocycles. The molecule has 59 heavy (non-hydrogen) atoms. The summed E-state index contributed by atoms with van der Waals surface area (Å²) in [5.41, 5.74) is 0.944. The highest BCUT2D eigenvalue weighted by Crippen LogP contribution is 2.37. The van der Waals surface area contributed by atoms with E-state index in [0.29, 0.717) is 55.1 Å². The lowest BCUT2D eigenvalue weighted by Crippen LogP contribution is -2.54. The quantitative estimate of drug-likeness (QED) is 0.174. The Kier molecular flexibility index (Phi) is 11.6. The Morgan fingerprint density at radius 2 is 1.75 bits per heavy atom. The third-order valence-corrected chi connectivity index (χ3v) is 12.3. The van der Waals surface area contributed by atoms with Gasteiger partial charge in [0.05, 0.1) is 48.0 Å². The number of alkyl halides is 2. The number of ether oxygens (including phenoxy) is 1. The number of nitrogens with zero attached hydrogens (tertiary/aromatic N) is 9. The summed E-state index contributed by atoms with van der Waals surface area (Å²) in [6.07, 6.45) is 4.45. The van der Waals surface area contributed by atoms with Gasteiger partial charge in [0.1, 0.15) is 17.4 Å². The smallest absolute Gasteiger partial charge is 0.284 e. The van der Waals surface area contributed by atoms with Gasteiger partial charge in [0, 0.05) is 58.9 Å². The van der Waals surface area contributed by atoms with E-state index in [1.54, 1.807) is 23.9 Å². The molecule has 3 aromatic rings. The maximum Gasteiger partial charge on any atom is 0.284 e. The number of aryl methyl sites for hydroxylation is 1. The van der Waals surface area contributed by atoms with E-state index in [1.807, 2.05) is 13.0 Å². The van der Waals surface area contributed by atoms with Crippen LogP contribution in [0.25, 0.3) is 0 Å². The van der Waals surface area contributed by atoms with Crippen LogP contribution in [-0.4, -0.2) is 135 Å². The highest BCUT2D eigenvalue weighted by Gasteiger charge is 2.46. The Balaban J connectivity index is 0.830. The van der Waals surface area contributed by atoms with Crippen LogP contribution in [0.3, 0.4) is 0 Å². The number of nitrogens with one attached hydrogen (secondary N) is 2. The van der Waals surface area contributed by atoms with Crippen molar-refractivity contribution in [2.24, 2.45) is 18.0 Å². The number of carbonyl (C=O) groups excluding carboxylic acids is 5. The summed E-state index contributed by atoms with van der Waals surface area (Å²) in [7, 11) is 1.67. The second-order valence-corrected chi connectivity index (χ2v) is 15.9. The molecule has 0 aliphatic carbocycles. The minimum atomic E-state index is -2.88. The standard InChI is InChI=1S/C40H49F2N11O6/c1-24(50-18-20-59-21-19-50)44-36-28(22-43-48(36)2)37(55)45-29-23-52(47-34(29)35(41)42)26-11-14-49(15-12-26)13-8-25-9-16-51(17-10-25)30-5-3-4-27-33(30)40(58)53(39(27)57)31-6-7-32(54)46-38(31)56/h3-5,22-23,25-26,31,35H,6-21H2,1-2H3,(H,45,55)(H,46,54,56)/b44-24+. The number of amides is 5. The van der Waals surface area contributed by atoms with Gasteiger partial charge in [0.15, 0.2) is 11.5 Å². The number of piperidine rings is 3. The van der Waals surface area contributed by atoms with Crippen LogP contribution in [-0.2, 0) is 21.4 Å². The summed E-state index contributed by atoms with van der Waals surface area (Å²) in [5, 5.41) is 13.4. The van der Waals surface area contributed by atoms with Crippen molar-refractivity contribution in [3.05, 3.63) is 53.0 Å². The number of morpholine rings is 1. The number of carbonyl (C=O) groups is 5. The van der Waals surface area contributed by atoms with Crippen LogP contribution in [0.2, 0.25) is 0 Å². The van der Waals surface area contributed by atoms with Gasteiger partial charge in [-0.15, -0.1) is 0 Å². The molecule has 4 fully saturated rings. The summed E-state index contributed by atoms with van der Waals surface area (Å²) in [6.45, 7) is 8.27. The molecule has 7 heterocycles. The molecule has 2 N–H and O–H groups in total. The molecular formula is C40H49F2N11O6. The molecule has 1 unspecified atom stereocenters. The number of hydrogen-bond donors (Lipinski definition) is 2. The molecule has 5 aliphatic rings. The van der Waals surface area contributed by atoms with Gasteiger partial charge in [0.25, 0.3) is 24.1 Å². The van der Waals surface area contributed by atoms with Crippen molar-refractivity contribution in [2.75, 3.05) is 69.2 Å². The summed E-state index contributed by atoms with van der Waals surface area (Å²) < 4.78 is 36.9. The predicted molar refractivity (Wildman–Crippen MR) is 211 cm³/mol. The number of halogens is 2. The summed E-state index contributed by atoms with van der Waals surface area (Å²) >= 11 is 0. The lowest BCUT2D eigenvalue weighted by atomic mass is 9.92. The van der Waals surface area contributed by atoms with Crippen molar-refractivity contribution in [1.29, 1.82) is 0 Å². The van der Waals surface area contributed by atoms with Gasteiger partial charge < -0.3 is 24.8 Å². The number of fused-ring (bicyclic) bond motifs is 1. The molecule has 0 radical (unpaired) electrons. The Bertz CT molecular complexity index is 2150. The number of likely N-dealkylation sites (tertiary alicyclic amines) is 1. The molecule has 0 bridgehead atoms. The van der Waals surface area contributed by atoms with E-state index in [0.717, 1.165) is 69.7 Å². The first kappa shape index (κ1) is 40.2. The number of aliphatic imine (C=N–C) groups is 1. The first-order chi connectivity index (χ1) is 28.5. The zero-order chi connectivity index (χ0) is 41.4.